The number of hydrogen-bond donors (Lipinski definition) is 2. The Bertz CT molecular complexity index is 1350. The Morgan fingerprint density at radius 1 is 0.742 bits per heavy atom. The zero-order valence-electron chi connectivity index (χ0n) is 16.6. The molecule has 0 unspecified atom stereocenters. The molecule has 0 fully saturated rings. The minimum absolute atomic E-state index is 0.0496. The van der Waals surface area contributed by atoms with Crippen LogP contribution >= 0.6 is 0 Å². The summed E-state index contributed by atoms with van der Waals surface area (Å²) >= 11 is 0. The highest BCUT2D eigenvalue weighted by Crippen LogP contribution is 2.37. The zero-order chi connectivity index (χ0) is 21.8. The molecule has 0 aliphatic carbocycles. The Kier molecular flexibility index (Phi) is 5.45. The lowest BCUT2D eigenvalue weighted by molar-refractivity contribution is 0.282. The van der Waals surface area contributed by atoms with Gasteiger partial charge < -0.3 is 10.8 Å². The van der Waals surface area contributed by atoms with Gasteiger partial charge in [0.15, 0.2) is 0 Å². The summed E-state index contributed by atoms with van der Waals surface area (Å²) in [6.45, 7) is -0.0496. The molecule has 0 bridgehead atoms. The van der Waals surface area contributed by atoms with Crippen LogP contribution in [0.5, 0.6) is 0 Å². The fraction of sp³-hybridized carbons (Fsp3) is 0.0385. The van der Waals surface area contributed by atoms with Gasteiger partial charge >= 0.3 is 0 Å². The van der Waals surface area contributed by atoms with Crippen molar-refractivity contribution in [1.29, 1.82) is 10.5 Å². The molecule has 5 nitrogen and oxygen atoms in total. The summed E-state index contributed by atoms with van der Waals surface area (Å²) in [5, 5.41) is 29.3. The molecule has 0 amide bonds. The van der Waals surface area contributed by atoms with Crippen molar-refractivity contribution in [1.82, 2.24) is 4.98 Å². The minimum Gasteiger partial charge on any atom is -0.392 e. The molecule has 4 rings (SSSR count). The van der Waals surface area contributed by atoms with Crippen LogP contribution in [0.15, 0.2) is 78.9 Å². The average molecular weight is 402 g/mol. The Labute approximate surface area is 180 Å². The molecule has 1 heterocycles. The van der Waals surface area contributed by atoms with E-state index >= 15 is 0 Å². The first kappa shape index (κ1) is 19.8. The van der Waals surface area contributed by atoms with E-state index in [2.05, 4.69) is 17.1 Å². The van der Waals surface area contributed by atoms with E-state index in [4.69, 9.17) is 5.73 Å². The van der Waals surface area contributed by atoms with Crippen molar-refractivity contribution in [2.45, 2.75) is 6.61 Å². The normalized spacial score (nSPS) is 10.3. The first-order chi connectivity index (χ1) is 15.2. The van der Waals surface area contributed by atoms with E-state index < -0.39 is 0 Å². The molecular weight excluding hydrogens is 384 g/mol. The summed E-state index contributed by atoms with van der Waals surface area (Å²) in [4.78, 5) is 4.38. The number of aliphatic hydroxyl groups is 1. The van der Waals surface area contributed by atoms with Crippen molar-refractivity contribution in [3.63, 3.8) is 0 Å². The monoisotopic (exact) mass is 402 g/mol. The highest BCUT2D eigenvalue weighted by atomic mass is 16.3. The maximum atomic E-state index is 10.0. The topological polar surface area (TPSA) is 107 Å². The van der Waals surface area contributed by atoms with Gasteiger partial charge in [-0.2, -0.15) is 10.5 Å². The van der Waals surface area contributed by atoms with E-state index in [1.807, 2.05) is 78.9 Å². The number of pyridine rings is 1. The molecule has 4 aromatic rings. The molecule has 0 atom stereocenters. The number of aliphatic hydroxyl groups excluding tert-OH is 1. The van der Waals surface area contributed by atoms with Crippen molar-refractivity contribution < 1.29 is 5.11 Å². The lowest BCUT2D eigenvalue weighted by atomic mass is 9.90. The lowest BCUT2D eigenvalue weighted by Gasteiger charge is -2.14. The van der Waals surface area contributed by atoms with Gasteiger partial charge in [0.2, 0.25) is 0 Å². The van der Waals surface area contributed by atoms with Gasteiger partial charge in [0, 0.05) is 11.1 Å². The highest BCUT2D eigenvalue weighted by molar-refractivity contribution is 5.88. The second kappa shape index (κ2) is 8.51. The molecule has 31 heavy (non-hydrogen) atoms. The van der Waals surface area contributed by atoms with Crippen LogP contribution in [-0.2, 0) is 6.61 Å². The predicted octanol–water partition coefficient (Wildman–Crippen LogP) is 4.90. The molecule has 0 spiro atoms. The number of rotatable bonds is 4. The van der Waals surface area contributed by atoms with Gasteiger partial charge in [-0.3, -0.25) is 0 Å². The largest absolute Gasteiger partial charge is 0.392 e. The predicted molar refractivity (Wildman–Crippen MR) is 120 cm³/mol. The first-order valence-corrected chi connectivity index (χ1v) is 9.66. The van der Waals surface area contributed by atoms with Gasteiger partial charge in [0.25, 0.3) is 0 Å². The molecule has 3 N–H and O–H groups in total. The van der Waals surface area contributed by atoms with Gasteiger partial charge in [-0.05, 0) is 34.4 Å². The van der Waals surface area contributed by atoms with Crippen LogP contribution in [-0.4, -0.2) is 10.1 Å². The second-order valence-electron chi connectivity index (χ2n) is 7.00. The van der Waals surface area contributed by atoms with Crippen molar-refractivity contribution in [2.24, 2.45) is 0 Å². The fourth-order valence-corrected chi connectivity index (χ4v) is 3.62. The SMILES string of the molecule is N#Cc1c(N)nc(-c2ccccc2)c(C#N)c1-c1cccc(-c2cccc(CO)c2)c1. The average Bonchev–Trinajstić information content (AvgIpc) is 2.84. The summed E-state index contributed by atoms with van der Waals surface area (Å²) in [6.07, 6.45) is 0. The number of benzene rings is 3. The number of nitriles is 2. The van der Waals surface area contributed by atoms with Crippen LogP contribution < -0.4 is 5.73 Å². The van der Waals surface area contributed by atoms with E-state index in [1.54, 1.807) is 0 Å². The zero-order valence-corrected chi connectivity index (χ0v) is 16.6. The molecule has 148 valence electrons. The van der Waals surface area contributed by atoms with Crippen LogP contribution in [0.25, 0.3) is 33.5 Å². The smallest absolute Gasteiger partial charge is 0.142 e. The number of nitrogens with two attached hydrogens (primary N) is 1. The summed E-state index contributed by atoms with van der Waals surface area (Å²) in [6, 6.07) is 28.9. The summed E-state index contributed by atoms with van der Waals surface area (Å²) in [7, 11) is 0. The van der Waals surface area contributed by atoms with E-state index in [0.717, 1.165) is 22.3 Å². The molecule has 1 aromatic heterocycles. The Morgan fingerprint density at radius 3 is 2.03 bits per heavy atom. The van der Waals surface area contributed by atoms with Crippen LogP contribution in [0.2, 0.25) is 0 Å². The van der Waals surface area contributed by atoms with Gasteiger partial charge in [0.1, 0.15) is 23.5 Å². The van der Waals surface area contributed by atoms with Crippen LogP contribution in [0.3, 0.4) is 0 Å². The Morgan fingerprint density at radius 2 is 1.35 bits per heavy atom. The molecule has 0 radical (unpaired) electrons. The van der Waals surface area contributed by atoms with Crippen molar-refractivity contribution in [2.75, 3.05) is 5.73 Å². The van der Waals surface area contributed by atoms with Crippen LogP contribution in [0, 0.1) is 22.7 Å². The fourth-order valence-electron chi connectivity index (χ4n) is 3.62. The van der Waals surface area contributed by atoms with Crippen LogP contribution in [0.4, 0.5) is 5.82 Å². The third-order valence-electron chi connectivity index (χ3n) is 5.09. The molecule has 5 heteroatoms. The van der Waals surface area contributed by atoms with E-state index in [1.165, 1.54) is 0 Å². The number of nitrogens with zero attached hydrogens (tertiary/aromatic N) is 3. The minimum atomic E-state index is -0.0496. The van der Waals surface area contributed by atoms with Gasteiger partial charge in [-0.15, -0.1) is 0 Å². The molecular formula is C26H18N4O. The first-order valence-electron chi connectivity index (χ1n) is 9.66. The number of aromatic nitrogens is 1. The summed E-state index contributed by atoms with van der Waals surface area (Å²) in [5.41, 5.74) is 11.6. The standard InChI is InChI=1S/C26H18N4O/c27-14-22-24(23(15-28)26(29)30-25(22)18-7-2-1-3-8-18)21-11-5-10-20(13-21)19-9-4-6-17(12-19)16-31/h1-13,31H,16H2,(H2,29,30). The van der Waals surface area contributed by atoms with E-state index in [0.29, 0.717) is 22.4 Å². The van der Waals surface area contributed by atoms with Crippen molar-refractivity contribution in [3.8, 4) is 45.6 Å². The van der Waals surface area contributed by atoms with Crippen molar-refractivity contribution in [3.05, 3.63) is 95.6 Å². The van der Waals surface area contributed by atoms with Crippen molar-refractivity contribution >= 4 is 5.82 Å². The number of anilines is 1. The third kappa shape index (κ3) is 3.74. The molecule has 0 saturated heterocycles. The van der Waals surface area contributed by atoms with Gasteiger partial charge in [0.05, 0.1) is 17.9 Å². The van der Waals surface area contributed by atoms with Gasteiger partial charge in [-0.25, -0.2) is 4.98 Å². The Hall–Kier alpha value is -4.45. The van der Waals surface area contributed by atoms with E-state index in [9.17, 15) is 15.6 Å². The number of hydrogen-bond acceptors (Lipinski definition) is 5. The van der Waals surface area contributed by atoms with E-state index in [-0.39, 0.29) is 18.0 Å². The highest BCUT2D eigenvalue weighted by Gasteiger charge is 2.21. The van der Waals surface area contributed by atoms with Gasteiger partial charge in [-0.1, -0.05) is 66.7 Å². The number of nitrogen functional groups attached to an aromatic ring is 1. The Balaban J connectivity index is 1.97. The maximum Gasteiger partial charge on any atom is 0.142 e. The molecule has 0 aliphatic rings. The molecule has 0 aliphatic heterocycles. The summed E-state index contributed by atoms with van der Waals surface area (Å²) < 4.78 is 0. The molecule has 0 saturated carbocycles. The third-order valence-corrected chi connectivity index (χ3v) is 5.09. The van der Waals surface area contributed by atoms with Crippen LogP contribution in [0.1, 0.15) is 16.7 Å². The quantitative estimate of drug-likeness (QED) is 0.505. The maximum absolute atomic E-state index is 10.0. The second-order valence-corrected chi connectivity index (χ2v) is 7.00. The lowest BCUT2D eigenvalue weighted by Crippen LogP contribution is -2.04. The molecule has 3 aromatic carbocycles. The summed E-state index contributed by atoms with van der Waals surface area (Å²) in [5.74, 6) is 0.0861.